The summed E-state index contributed by atoms with van der Waals surface area (Å²) in [6.45, 7) is 1.42. The lowest BCUT2D eigenvalue weighted by Gasteiger charge is -2.40. The van der Waals surface area contributed by atoms with Gasteiger partial charge in [-0.25, -0.2) is 23.1 Å². The molecule has 3 rings (SSSR count). The van der Waals surface area contributed by atoms with Crippen LogP contribution in [-0.2, 0) is 4.79 Å². The predicted octanol–water partition coefficient (Wildman–Crippen LogP) is 1.34. The van der Waals surface area contributed by atoms with Crippen molar-refractivity contribution in [1.82, 2.24) is 19.9 Å². The standard InChI is InChI=1S/C17H19F3N6O2/c1-9(15(27)25-13-3-2-10(18)6-22-13)26-5-4-17(19,20)11(8-26)12-7-23-16(28)14(21)24-12/h2-3,6-7,9,11H,4-5,8H2,1H3,(H2,21,24)(H,23,28)(H,22,25,27)/t9-,11+/m0/s1. The van der Waals surface area contributed by atoms with Gasteiger partial charge < -0.3 is 16.0 Å². The van der Waals surface area contributed by atoms with E-state index in [1.165, 1.54) is 6.07 Å². The van der Waals surface area contributed by atoms with E-state index in [0.29, 0.717) is 0 Å². The highest BCUT2D eigenvalue weighted by atomic mass is 19.3. The van der Waals surface area contributed by atoms with Crippen molar-refractivity contribution in [2.24, 2.45) is 0 Å². The van der Waals surface area contributed by atoms with Gasteiger partial charge in [-0.1, -0.05) is 0 Å². The zero-order valence-corrected chi connectivity index (χ0v) is 15.0. The van der Waals surface area contributed by atoms with E-state index in [0.717, 1.165) is 18.5 Å². The van der Waals surface area contributed by atoms with E-state index in [4.69, 9.17) is 5.73 Å². The average Bonchev–Trinajstić information content (AvgIpc) is 2.65. The highest BCUT2D eigenvalue weighted by Crippen LogP contribution is 2.40. The van der Waals surface area contributed by atoms with Crippen molar-refractivity contribution in [2.75, 3.05) is 24.1 Å². The van der Waals surface area contributed by atoms with Crippen molar-refractivity contribution >= 4 is 17.5 Å². The zero-order valence-electron chi connectivity index (χ0n) is 15.0. The van der Waals surface area contributed by atoms with Crippen LogP contribution in [0.5, 0.6) is 0 Å². The van der Waals surface area contributed by atoms with E-state index in [-0.39, 0.29) is 24.6 Å². The van der Waals surface area contributed by atoms with Crippen molar-refractivity contribution in [2.45, 2.75) is 31.2 Å². The molecule has 1 aliphatic rings. The van der Waals surface area contributed by atoms with Crippen molar-refractivity contribution in [3.05, 3.63) is 46.4 Å². The number of hydrogen-bond donors (Lipinski definition) is 3. The molecule has 0 unspecified atom stereocenters. The highest BCUT2D eigenvalue weighted by molar-refractivity contribution is 5.93. The number of piperidine rings is 1. The Kier molecular flexibility index (Phi) is 5.36. The van der Waals surface area contributed by atoms with Gasteiger partial charge in [0, 0.05) is 25.7 Å². The lowest BCUT2D eigenvalue weighted by atomic mass is 9.90. The average molecular weight is 396 g/mol. The first-order valence-electron chi connectivity index (χ1n) is 8.57. The van der Waals surface area contributed by atoms with Crippen molar-refractivity contribution in [1.29, 1.82) is 0 Å². The lowest BCUT2D eigenvalue weighted by molar-refractivity contribution is -0.125. The van der Waals surface area contributed by atoms with Gasteiger partial charge in [-0.05, 0) is 19.1 Å². The molecule has 1 fully saturated rings. The number of carbonyl (C=O) groups excluding carboxylic acids is 1. The molecule has 0 radical (unpaired) electrons. The van der Waals surface area contributed by atoms with Gasteiger partial charge in [-0.3, -0.25) is 14.5 Å². The van der Waals surface area contributed by atoms with Gasteiger partial charge >= 0.3 is 0 Å². The minimum Gasteiger partial charge on any atom is -0.379 e. The van der Waals surface area contributed by atoms with Crippen LogP contribution >= 0.6 is 0 Å². The Morgan fingerprint density at radius 1 is 1.46 bits per heavy atom. The summed E-state index contributed by atoms with van der Waals surface area (Å²) in [6.07, 6.45) is 1.60. The highest BCUT2D eigenvalue weighted by Gasteiger charge is 2.47. The summed E-state index contributed by atoms with van der Waals surface area (Å²) >= 11 is 0. The summed E-state index contributed by atoms with van der Waals surface area (Å²) in [5.41, 5.74) is 4.75. The summed E-state index contributed by atoms with van der Waals surface area (Å²) in [7, 11) is 0. The quantitative estimate of drug-likeness (QED) is 0.718. The van der Waals surface area contributed by atoms with Gasteiger partial charge in [0.2, 0.25) is 5.91 Å². The summed E-state index contributed by atoms with van der Waals surface area (Å²) in [6, 6.07) is 1.71. The van der Waals surface area contributed by atoms with E-state index in [2.05, 4.69) is 20.3 Å². The molecule has 2 aromatic rings. The molecule has 0 bridgehead atoms. The first-order valence-corrected chi connectivity index (χ1v) is 8.57. The number of likely N-dealkylation sites (tertiary alicyclic amines) is 1. The number of nitrogen functional groups attached to an aromatic ring is 1. The number of anilines is 2. The molecule has 11 heteroatoms. The minimum absolute atomic E-state index is 0.00618. The molecular formula is C17H19F3N6O2. The number of rotatable bonds is 4. The molecule has 2 aromatic heterocycles. The molecule has 3 heterocycles. The van der Waals surface area contributed by atoms with E-state index < -0.39 is 47.4 Å². The van der Waals surface area contributed by atoms with E-state index >= 15 is 0 Å². The van der Waals surface area contributed by atoms with Crippen LogP contribution in [0.4, 0.5) is 24.8 Å². The first kappa shape index (κ1) is 19.8. The monoisotopic (exact) mass is 396 g/mol. The molecule has 150 valence electrons. The number of H-pyrrole nitrogens is 1. The number of halogens is 3. The normalized spacial score (nSPS) is 20.5. The van der Waals surface area contributed by atoms with Gasteiger partial charge in [-0.15, -0.1) is 0 Å². The Morgan fingerprint density at radius 2 is 2.21 bits per heavy atom. The van der Waals surface area contributed by atoms with Crippen LogP contribution in [0.3, 0.4) is 0 Å². The molecule has 8 nitrogen and oxygen atoms in total. The van der Waals surface area contributed by atoms with Crippen LogP contribution in [0.1, 0.15) is 25.0 Å². The Labute approximate surface area is 158 Å². The third-order valence-electron chi connectivity index (χ3n) is 4.76. The number of amides is 1. The minimum atomic E-state index is -3.07. The van der Waals surface area contributed by atoms with Crippen molar-refractivity contribution in [3.8, 4) is 0 Å². The molecule has 0 spiro atoms. The van der Waals surface area contributed by atoms with E-state index in [9.17, 15) is 22.8 Å². The van der Waals surface area contributed by atoms with Crippen molar-refractivity contribution in [3.63, 3.8) is 0 Å². The Balaban J connectivity index is 1.75. The third kappa shape index (κ3) is 4.14. The molecular weight excluding hydrogens is 377 g/mol. The van der Waals surface area contributed by atoms with Crippen LogP contribution < -0.4 is 16.6 Å². The van der Waals surface area contributed by atoms with Gasteiger partial charge in [-0.2, -0.15) is 0 Å². The second-order valence-electron chi connectivity index (χ2n) is 6.63. The van der Waals surface area contributed by atoms with Crippen LogP contribution in [0.2, 0.25) is 0 Å². The smallest absolute Gasteiger partial charge is 0.290 e. The fourth-order valence-electron chi connectivity index (χ4n) is 3.05. The number of hydrogen-bond acceptors (Lipinski definition) is 6. The SMILES string of the molecule is C[C@@H](C(=O)Nc1ccc(F)cn1)N1CCC(F)(F)[C@@H](c2c[nH]c(=O)c(N)n2)C1. The summed E-state index contributed by atoms with van der Waals surface area (Å²) in [5.74, 6) is -5.63. The fraction of sp³-hybridized carbons (Fsp3) is 0.412. The second-order valence-corrected chi connectivity index (χ2v) is 6.63. The molecule has 0 aliphatic carbocycles. The molecule has 28 heavy (non-hydrogen) atoms. The van der Waals surface area contributed by atoms with Crippen LogP contribution in [0.25, 0.3) is 0 Å². The number of carbonyl (C=O) groups is 1. The third-order valence-corrected chi connectivity index (χ3v) is 4.76. The summed E-state index contributed by atoms with van der Waals surface area (Å²) in [4.78, 5) is 35.2. The lowest BCUT2D eigenvalue weighted by Crippen LogP contribution is -2.52. The molecule has 0 saturated carbocycles. The van der Waals surface area contributed by atoms with Gasteiger partial charge in [0.25, 0.3) is 11.5 Å². The number of nitrogens with one attached hydrogen (secondary N) is 2. The molecule has 4 N–H and O–H groups in total. The maximum absolute atomic E-state index is 14.5. The summed E-state index contributed by atoms with van der Waals surface area (Å²) in [5, 5.41) is 2.53. The Hall–Kier alpha value is -2.95. The number of aromatic amines is 1. The summed E-state index contributed by atoms with van der Waals surface area (Å²) < 4.78 is 41.8. The zero-order chi connectivity index (χ0) is 20.5. The number of alkyl halides is 2. The molecule has 0 aromatic carbocycles. The molecule has 1 amide bonds. The Bertz CT molecular complexity index is 918. The number of nitrogens with two attached hydrogens (primary N) is 1. The van der Waals surface area contributed by atoms with E-state index in [1.807, 2.05) is 0 Å². The van der Waals surface area contributed by atoms with Gasteiger partial charge in [0.15, 0.2) is 5.82 Å². The maximum atomic E-state index is 14.5. The number of aromatic nitrogens is 3. The largest absolute Gasteiger partial charge is 0.379 e. The van der Waals surface area contributed by atoms with Crippen molar-refractivity contribution < 1.29 is 18.0 Å². The molecule has 1 aliphatic heterocycles. The van der Waals surface area contributed by atoms with Crippen LogP contribution in [0.15, 0.2) is 29.3 Å². The van der Waals surface area contributed by atoms with Gasteiger partial charge in [0.1, 0.15) is 11.6 Å². The van der Waals surface area contributed by atoms with E-state index in [1.54, 1.807) is 11.8 Å². The van der Waals surface area contributed by atoms with Crippen LogP contribution in [-0.4, -0.2) is 50.8 Å². The first-order chi connectivity index (χ1) is 13.2. The fourth-order valence-corrected chi connectivity index (χ4v) is 3.05. The maximum Gasteiger partial charge on any atom is 0.290 e. The predicted molar refractivity (Wildman–Crippen MR) is 95.4 cm³/mol. The number of pyridine rings is 1. The number of nitrogens with zero attached hydrogens (tertiary/aromatic N) is 3. The van der Waals surface area contributed by atoms with Crippen LogP contribution in [0, 0.1) is 5.82 Å². The molecule has 1 saturated heterocycles. The van der Waals surface area contributed by atoms with Gasteiger partial charge in [0.05, 0.1) is 23.9 Å². The topological polar surface area (TPSA) is 117 Å². The Morgan fingerprint density at radius 3 is 2.86 bits per heavy atom. The second kappa shape index (κ2) is 7.58. The molecule has 2 atom stereocenters.